The van der Waals surface area contributed by atoms with Crippen LogP contribution in [-0.2, 0) is 9.59 Å². The number of hydrazine groups is 1. The highest BCUT2D eigenvalue weighted by Crippen LogP contribution is 2.35. The van der Waals surface area contributed by atoms with Gasteiger partial charge in [0.25, 0.3) is 11.8 Å². The molecule has 1 spiro atoms. The first-order chi connectivity index (χ1) is 14.6. The van der Waals surface area contributed by atoms with E-state index in [1.165, 1.54) is 5.56 Å². The molecule has 4 amide bonds. The molecule has 3 rings (SSSR count). The van der Waals surface area contributed by atoms with E-state index in [9.17, 15) is 14.4 Å². The van der Waals surface area contributed by atoms with Crippen molar-refractivity contribution in [1.82, 2.24) is 21.1 Å². The molecule has 3 N–H and O–H groups in total. The van der Waals surface area contributed by atoms with Crippen molar-refractivity contribution >= 4 is 17.8 Å². The Morgan fingerprint density at radius 3 is 2.23 bits per heavy atom. The summed E-state index contributed by atoms with van der Waals surface area (Å²) in [5.74, 6) is 0.523. The molecule has 7 nitrogen and oxygen atoms in total. The number of urea groups is 1. The molecule has 31 heavy (non-hydrogen) atoms. The van der Waals surface area contributed by atoms with Crippen LogP contribution in [0.1, 0.15) is 83.4 Å². The monoisotopic (exact) mass is 428 g/mol. The van der Waals surface area contributed by atoms with Crippen LogP contribution >= 0.6 is 0 Å². The zero-order valence-corrected chi connectivity index (χ0v) is 19.3. The van der Waals surface area contributed by atoms with Crippen molar-refractivity contribution in [2.45, 2.75) is 77.8 Å². The van der Waals surface area contributed by atoms with Crippen molar-refractivity contribution < 1.29 is 14.4 Å². The number of nitrogens with zero attached hydrogens (tertiary/aromatic N) is 1. The quantitative estimate of drug-likeness (QED) is 0.579. The lowest BCUT2D eigenvalue weighted by Crippen LogP contribution is -2.52. The molecule has 1 aromatic carbocycles. The van der Waals surface area contributed by atoms with Crippen LogP contribution in [0.3, 0.4) is 0 Å². The molecule has 0 unspecified atom stereocenters. The lowest BCUT2D eigenvalue weighted by molar-refractivity contribution is -0.139. The zero-order chi connectivity index (χ0) is 22.8. The van der Waals surface area contributed by atoms with Gasteiger partial charge in [-0.3, -0.25) is 15.0 Å². The van der Waals surface area contributed by atoms with E-state index < -0.39 is 17.5 Å². The first kappa shape index (κ1) is 23.3. The van der Waals surface area contributed by atoms with Crippen molar-refractivity contribution in [3.05, 3.63) is 35.4 Å². The topological polar surface area (TPSA) is 90.5 Å². The smallest absolute Gasteiger partial charge is 0.322 e. The number of imide groups is 1. The largest absolute Gasteiger partial charge is 0.344 e. The Balaban J connectivity index is 1.59. The van der Waals surface area contributed by atoms with Gasteiger partial charge in [0, 0.05) is 6.04 Å². The summed E-state index contributed by atoms with van der Waals surface area (Å²) in [6, 6.07) is 7.87. The Hall–Kier alpha value is -2.41. The highest BCUT2D eigenvalue weighted by molar-refractivity contribution is 6.08. The normalized spacial score (nSPS) is 24.7. The molecule has 2 aliphatic rings. The molecule has 1 heterocycles. The fourth-order valence-electron chi connectivity index (χ4n) is 4.51. The van der Waals surface area contributed by atoms with Crippen LogP contribution in [0, 0.1) is 11.8 Å². The molecule has 0 bridgehead atoms. The Bertz CT molecular complexity index is 811. The number of benzene rings is 1. The van der Waals surface area contributed by atoms with E-state index in [0.29, 0.717) is 24.7 Å². The van der Waals surface area contributed by atoms with Gasteiger partial charge < -0.3 is 10.6 Å². The minimum absolute atomic E-state index is 0.00979. The fourth-order valence-corrected chi connectivity index (χ4v) is 4.51. The van der Waals surface area contributed by atoms with E-state index in [2.05, 4.69) is 74.9 Å². The highest BCUT2D eigenvalue weighted by Gasteiger charge is 2.52. The van der Waals surface area contributed by atoms with Gasteiger partial charge in [-0.2, -0.15) is 5.01 Å². The van der Waals surface area contributed by atoms with Gasteiger partial charge in [-0.15, -0.1) is 0 Å². The molecule has 0 radical (unpaired) electrons. The van der Waals surface area contributed by atoms with Crippen LogP contribution < -0.4 is 16.1 Å². The van der Waals surface area contributed by atoms with Gasteiger partial charge in [0.2, 0.25) is 0 Å². The van der Waals surface area contributed by atoms with E-state index in [4.69, 9.17) is 0 Å². The third kappa shape index (κ3) is 5.09. The predicted molar refractivity (Wildman–Crippen MR) is 120 cm³/mol. The van der Waals surface area contributed by atoms with Crippen LogP contribution in [0.4, 0.5) is 4.79 Å². The Kier molecular flexibility index (Phi) is 7.04. The standard InChI is InChI=1S/C24H36N4O3/c1-15(2)18-6-8-19(9-7-18)21(16(3)4)25-14-20(29)27-28-22(30)24(26-23(28)31)12-10-17(5)11-13-24/h6-9,15-17,21,25H,10-14H2,1-5H3,(H,26,31)(H,27,29)/t17?,21-,24?/m1/s1. The average molecular weight is 429 g/mol. The van der Waals surface area contributed by atoms with Gasteiger partial charge in [-0.25, -0.2) is 4.79 Å². The summed E-state index contributed by atoms with van der Waals surface area (Å²) in [7, 11) is 0. The number of amides is 4. The van der Waals surface area contributed by atoms with E-state index >= 15 is 0 Å². The number of hydrogen-bond donors (Lipinski definition) is 3. The maximum Gasteiger partial charge on any atom is 0.344 e. The molecule has 1 aliphatic carbocycles. The molecule has 0 aromatic heterocycles. The molecular formula is C24H36N4O3. The van der Waals surface area contributed by atoms with Crippen molar-refractivity contribution in [2.24, 2.45) is 11.8 Å². The van der Waals surface area contributed by atoms with Crippen molar-refractivity contribution in [3.63, 3.8) is 0 Å². The van der Waals surface area contributed by atoms with Gasteiger partial charge in [-0.05, 0) is 54.6 Å². The van der Waals surface area contributed by atoms with E-state index in [1.807, 2.05) is 0 Å². The highest BCUT2D eigenvalue weighted by atomic mass is 16.2. The number of carbonyl (C=O) groups excluding carboxylic acids is 3. The van der Waals surface area contributed by atoms with Gasteiger partial charge in [0.1, 0.15) is 5.54 Å². The van der Waals surface area contributed by atoms with Crippen LogP contribution in [0.25, 0.3) is 0 Å². The van der Waals surface area contributed by atoms with Gasteiger partial charge in [0.15, 0.2) is 0 Å². The maximum absolute atomic E-state index is 12.9. The second-order valence-electron chi connectivity index (χ2n) is 9.79. The van der Waals surface area contributed by atoms with E-state index in [0.717, 1.165) is 23.4 Å². The van der Waals surface area contributed by atoms with Gasteiger partial charge in [-0.1, -0.05) is 58.9 Å². The third-order valence-electron chi connectivity index (χ3n) is 6.64. The third-order valence-corrected chi connectivity index (χ3v) is 6.64. The fraction of sp³-hybridized carbons (Fsp3) is 0.625. The Labute approximate surface area is 185 Å². The second kappa shape index (κ2) is 9.39. The molecule has 1 atom stereocenters. The van der Waals surface area contributed by atoms with Crippen LogP contribution in [0.2, 0.25) is 0 Å². The van der Waals surface area contributed by atoms with Gasteiger partial charge >= 0.3 is 6.03 Å². The molecule has 1 aliphatic heterocycles. The lowest BCUT2D eigenvalue weighted by Gasteiger charge is -2.33. The van der Waals surface area contributed by atoms with Crippen molar-refractivity contribution in [2.75, 3.05) is 6.54 Å². The first-order valence-electron chi connectivity index (χ1n) is 11.4. The zero-order valence-electron chi connectivity index (χ0n) is 19.3. The minimum atomic E-state index is -0.858. The predicted octanol–water partition coefficient (Wildman–Crippen LogP) is 3.63. The van der Waals surface area contributed by atoms with Crippen LogP contribution in [0.15, 0.2) is 24.3 Å². The summed E-state index contributed by atoms with van der Waals surface area (Å²) >= 11 is 0. The SMILES string of the molecule is CC1CCC2(CC1)NC(=O)N(NC(=O)CN[C@@H](c1ccc(C(C)C)cc1)C(C)C)C2=O. The number of hydrogen-bond acceptors (Lipinski definition) is 4. The van der Waals surface area contributed by atoms with Gasteiger partial charge in [0.05, 0.1) is 6.54 Å². The summed E-state index contributed by atoms with van der Waals surface area (Å²) in [6.45, 7) is 10.7. The van der Waals surface area contributed by atoms with E-state index in [1.54, 1.807) is 0 Å². The minimum Gasteiger partial charge on any atom is -0.322 e. The molecule has 2 fully saturated rings. The summed E-state index contributed by atoms with van der Waals surface area (Å²) in [6.07, 6.45) is 3.01. The molecule has 1 saturated carbocycles. The molecular weight excluding hydrogens is 392 g/mol. The number of nitrogens with one attached hydrogen (secondary N) is 3. The molecule has 7 heteroatoms. The van der Waals surface area contributed by atoms with E-state index in [-0.39, 0.29) is 24.4 Å². The van der Waals surface area contributed by atoms with Crippen molar-refractivity contribution in [1.29, 1.82) is 0 Å². The summed E-state index contributed by atoms with van der Waals surface area (Å²) < 4.78 is 0. The number of rotatable bonds is 7. The lowest BCUT2D eigenvalue weighted by atomic mass is 9.77. The summed E-state index contributed by atoms with van der Waals surface area (Å²) in [5.41, 5.74) is 4.02. The molecule has 170 valence electrons. The summed E-state index contributed by atoms with van der Waals surface area (Å²) in [4.78, 5) is 37.9. The number of carbonyl (C=O) groups is 3. The molecule has 1 aromatic rings. The summed E-state index contributed by atoms with van der Waals surface area (Å²) in [5, 5.41) is 6.97. The maximum atomic E-state index is 12.9. The Morgan fingerprint density at radius 2 is 1.68 bits per heavy atom. The van der Waals surface area contributed by atoms with Crippen molar-refractivity contribution in [3.8, 4) is 0 Å². The first-order valence-corrected chi connectivity index (χ1v) is 11.4. The van der Waals surface area contributed by atoms with Crippen LogP contribution in [0.5, 0.6) is 0 Å². The average Bonchev–Trinajstić information content (AvgIpc) is 2.94. The second-order valence-corrected chi connectivity index (χ2v) is 9.79. The van der Waals surface area contributed by atoms with Crippen LogP contribution in [-0.4, -0.2) is 34.9 Å². The Morgan fingerprint density at radius 1 is 1.10 bits per heavy atom. The molecule has 1 saturated heterocycles.